The van der Waals surface area contributed by atoms with Crippen molar-refractivity contribution in [2.24, 2.45) is 0 Å². The highest BCUT2D eigenvalue weighted by Gasteiger charge is 2.28. The molecule has 0 bridgehead atoms. The van der Waals surface area contributed by atoms with Crippen molar-refractivity contribution in [2.75, 3.05) is 11.9 Å². The second-order valence-corrected chi connectivity index (χ2v) is 6.08. The van der Waals surface area contributed by atoms with Gasteiger partial charge < -0.3 is 0 Å². The van der Waals surface area contributed by atoms with Crippen molar-refractivity contribution in [3.05, 3.63) is 35.4 Å². The molecule has 1 nitrogen and oxygen atoms in total. The Morgan fingerprint density at radius 1 is 1.24 bits per heavy atom. The summed E-state index contributed by atoms with van der Waals surface area (Å²) >= 11 is 3.55. The first kappa shape index (κ1) is 13.1. The zero-order chi connectivity index (χ0) is 12.3. The van der Waals surface area contributed by atoms with E-state index >= 15 is 0 Å². The fraction of sp³-hybridized carbons (Fsp3) is 0.600. The number of nitrogens with zero attached hydrogens (tertiary/aromatic N) is 1. The molecule has 0 amide bonds. The molecule has 1 aromatic rings. The molecule has 2 heteroatoms. The summed E-state index contributed by atoms with van der Waals surface area (Å²) in [6.45, 7) is 6.76. The molecule has 0 atom stereocenters. The highest BCUT2D eigenvalue weighted by Crippen LogP contribution is 2.28. The van der Waals surface area contributed by atoms with Crippen LogP contribution in [0.15, 0.2) is 24.3 Å². The maximum absolute atomic E-state index is 3.55. The molecular formula is C15H22BrN. The molecule has 94 valence electrons. The van der Waals surface area contributed by atoms with Crippen LogP contribution in [0.4, 0.5) is 0 Å². The van der Waals surface area contributed by atoms with Gasteiger partial charge in [0.15, 0.2) is 0 Å². The summed E-state index contributed by atoms with van der Waals surface area (Å²) in [6, 6.07) is 9.98. The van der Waals surface area contributed by atoms with Crippen molar-refractivity contribution in [1.82, 2.24) is 4.90 Å². The number of rotatable bonds is 6. The molecule has 0 unspecified atom stereocenters. The van der Waals surface area contributed by atoms with Gasteiger partial charge in [-0.2, -0.15) is 0 Å². The van der Waals surface area contributed by atoms with E-state index in [1.807, 2.05) is 0 Å². The van der Waals surface area contributed by atoms with Crippen molar-refractivity contribution in [3.63, 3.8) is 0 Å². The summed E-state index contributed by atoms with van der Waals surface area (Å²) in [5.74, 6) is 0.631. The summed E-state index contributed by atoms with van der Waals surface area (Å²) in [5, 5.41) is 1.08. The van der Waals surface area contributed by atoms with Crippen molar-refractivity contribution in [1.29, 1.82) is 0 Å². The van der Waals surface area contributed by atoms with E-state index in [0.29, 0.717) is 5.92 Å². The molecule has 0 spiro atoms. The molecule has 0 radical (unpaired) electrons. The predicted octanol–water partition coefficient (Wildman–Crippen LogP) is 4.17. The molecule has 1 aromatic carbocycles. The smallest absolute Gasteiger partial charge is 0.0237 e. The Morgan fingerprint density at radius 2 is 1.88 bits per heavy atom. The van der Waals surface area contributed by atoms with Gasteiger partial charge in [0, 0.05) is 24.5 Å². The lowest BCUT2D eigenvalue weighted by Crippen LogP contribution is -2.27. The van der Waals surface area contributed by atoms with E-state index in [4.69, 9.17) is 0 Å². The number of hydrogen-bond acceptors (Lipinski definition) is 1. The van der Waals surface area contributed by atoms with Gasteiger partial charge in [-0.15, -0.1) is 0 Å². The largest absolute Gasteiger partial charge is 0.295 e. The average molecular weight is 296 g/mol. The van der Waals surface area contributed by atoms with Gasteiger partial charge in [0.2, 0.25) is 0 Å². The van der Waals surface area contributed by atoms with E-state index in [1.165, 1.54) is 24.0 Å². The van der Waals surface area contributed by atoms with E-state index in [0.717, 1.165) is 24.5 Å². The number of halogens is 1. The minimum Gasteiger partial charge on any atom is -0.295 e. The van der Waals surface area contributed by atoms with E-state index in [-0.39, 0.29) is 0 Å². The standard InChI is InChI=1S/C15H22BrN/c1-12(2)14-5-3-13(4-6-14)11-17(10-9-16)15-7-8-15/h3-6,12,15H,7-11H2,1-2H3. The van der Waals surface area contributed by atoms with Crippen molar-refractivity contribution < 1.29 is 0 Å². The molecule has 0 heterocycles. The summed E-state index contributed by atoms with van der Waals surface area (Å²) in [4.78, 5) is 2.60. The van der Waals surface area contributed by atoms with Crippen LogP contribution in [0.25, 0.3) is 0 Å². The number of hydrogen-bond donors (Lipinski definition) is 0. The monoisotopic (exact) mass is 295 g/mol. The quantitative estimate of drug-likeness (QED) is 0.712. The van der Waals surface area contributed by atoms with E-state index in [2.05, 4.69) is 58.9 Å². The SMILES string of the molecule is CC(C)c1ccc(CN(CCBr)C2CC2)cc1. The van der Waals surface area contributed by atoms with Crippen LogP contribution in [-0.2, 0) is 6.54 Å². The van der Waals surface area contributed by atoms with Crippen LogP contribution in [0.2, 0.25) is 0 Å². The molecule has 1 aliphatic carbocycles. The second-order valence-electron chi connectivity index (χ2n) is 5.29. The molecule has 0 aromatic heterocycles. The Kier molecular flexibility index (Phi) is 4.63. The maximum Gasteiger partial charge on any atom is 0.0237 e. The van der Waals surface area contributed by atoms with Gasteiger partial charge in [-0.05, 0) is 29.9 Å². The Morgan fingerprint density at radius 3 is 2.35 bits per heavy atom. The summed E-state index contributed by atoms with van der Waals surface area (Å²) in [5.41, 5.74) is 2.88. The number of benzene rings is 1. The van der Waals surface area contributed by atoms with E-state index < -0.39 is 0 Å². The molecule has 1 saturated carbocycles. The average Bonchev–Trinajstić information content (AvgIpc) is 3.13. The summed E-state index contributed by atoms with van der Waals surface area (Å²) < 4.78 is 0. The zero-order valence-corrected chi connectivity index (χ0v) is 12.4. The van der Waals surface area contributed by atoms with Gasteiger partial charge >= 0.3 is 0 Å². The Balaban J connectivity index is 1.96. The van der Waals surface area contributed by atoms with Gasteiger partial charge in [-0.3, -0.25) is 4.90 Å². The Hall–Kier alpha value is -0.340. The lowest BCUT2D eigenvalue weighted by atomic mass is 10.0. The molecule has 1 fully saturated rings. The molecule has 1 aliphatic rings. The van der Waals surface area contributed by atoms with Crippen LogP contribution in [0.5, 0.6) is 0 Å². The molecule has 17 heavy (non-hydrogen) atoms. The van der Waals surface area contributed by atoms with Gasteiger partial charge in [-0.25, -0.2) is 0 Å². The first-order valence-electron chi connectivity index (χ1n) is 6.59. The van der Waals surface area contributed by atoms with Gasteiger partial charge in [0.1, 0.15) is 0 Å². The number of alkyl halides is 1. The third kappa shape index (κ3) is 3.82. The molecule has 0 aliphatic heterocycles. The fourth-order valence-electron chi connectivity index (χ4n) is 2.18. The predicted molar refractivity (Wildman–Crippen MR) is 77.8 cm³/mol. The van der Waals surface area contributed by atoms with E-state index in [9.17, 15) is 0 Å². The van der Waals surface area contributed by atoms with Crippen LogP contribution < -0.4 is 0 Å². The van der Waals surface area contributed by atoms with Crippen LogP contribution in [-0.4, -0.2) is 22.8 Å². The molecule has 0 saturated heterocycles. The van der Waals surface area contributed by atoms with Crippen molar-refractivity contribution >= 4 is 15.9 Å². The van der Waals surface area contributed by atoms with Crippen LogP contribution in [0.1, 0.15) is 43.7 Å². The van der Waals surface area contributed by atoms with Gasteiger partial charge in [-0.1, -0.05) is 54.0 Å². The fourth-order valence-corrected chi connectivity index (χ4v) is 2.64. The lowest BCUT2D eigenvalue weighted by Gasteiger charge is -2.21. The molecule has 2 rings (SSSR count). The maximum atomic E-state index is 3.55. The highest BCUT2D eigenvalue weighted by molar-refractivity contribution is 9.09. The molecule has 0 N–H and O–H groups in total. The Labute approximate surface area is 113 Å². The van der Waals surface area contributed by atoms with E-state index in [1.54, 1.807) is 0 Å². The van der Waals surface area contributed by atoms with Gasteiger partial charge in [0.25, 0.3) is 0 Å². The minimum absolute atomic E-state index is 0.631. The topological polar surface area (TPSA) is 3.24 Å². The zero-order valence-electron chi connectivity index (χ0n) is 10.8. The third-order valence-corrected chi connectivity index (χ3v) is 3.82. The summed E-state index contributed by atoms with van der Waals surface area (Å²) in [7, 11) is 0. The Bertz CT molecular complexity index is 340. The van der Waals surface area contributed by atoms with Crippen molar-refractivity contribution in [2.45, 2.75) is 45.2 Å². The third-order valence-electron chi connectivity index (χ3n) is 3.47. The van der Waals surface area contributed by atoms with Crippen LogP contribution in [0, 0.1) is 0 Å². The highest BCUT2D eigenvalue weighted by atomic mass is 79.9. The lowest BCUT2D eigenvalue weighted by molar-refractivity contribution is 0.272. The van der Waals surface area contributed by atoms with Gasteiger partial charge in [0.05, 0.1) is 0 Å². The molecular weight excluding hydrogens is 274 g/mol. The van der Waals surface area contributed by atoms with Crippen LogP contribution >= 0.6 is 15.9 Å². The first-order valence-corrected chi connectivity index (χ1v) is 7.71. The second kappa shape index (κ2) is 6.01. The van der Waals surface area contributed by atoms with Crippen molar-refractivity contribution in [3.8, 4) is 0 Å². The first-order chi connectivity index (χ1) is 8.20. The van der Waals surface area contributed by atoms with Crippen LogP contribution in [0.3, 0.4) is 0 Å². The summed E-state index contributed by atoms with van der Waals surface area (Å²) in [6.07, 6.45) is 2.77. The minimum atomic E-state index is 0.631. The normalized spacial score (nSPS) is 15.8.